The Bertz CT molecular complexity index is 1030. The van der Waals surface area contributed by atoms with E-state index in [1.54, 1.807) is 0 Å². The van der Waals surface area contributed by atoms with E-state index < -0.39 is 18.4 Å². The summed E-state index contributed by atoms with van der Waals surface area (Å²) in [6.45, 7) is 10.6. The normalized spacial score (nSPS) is 14.0. The molecule has 1 aliphatic rings. The predicted molar refractivity (Wildman–Crippen MR) is 149 cm³/mol. The van der Waals surface area contributed by atoms with Crippen molar-refractivity contribution in [1.29, 1.82) is 0 Å². The van der Waals surface area contributed by atoms with Gasteiger partial charge in [0.15, 0.2) is 0 Å². The molecule has 3 rings (SSSR count). The molecule has 2 aromatic carbocycles. The van der Waals surface area contributed by atoms with Crippen LogP contribution in [0.5, 0.6) is 0 Å². The molecule has 3 nitrogen and oxygen atoms in total. The quantitative estimate of drug-likeness (QED) is 0.226. The number of ketones is 2. The molecule has 0 N–H and O–H groups in total. The van der Waals surface area contributed by atoms with Crippen molar-refractivity contribution < 1.29 is 14.3 Å². The van der Waals surface area contributed by atoms with Gasteiger partial charge in [-0.2, -0.15) is 0 Å². The standard InChI is InChI=1S/C19H15O3.3C4H9.Sn/c1-12(2)22-19-16(13-8-4-3-5-9-13)17(20)14-10-6-7-11-15(14)18(19)21;3*1-3-4-2;/h3-5,7-12H,1-2H3;3*1,3-4H2,2H3;. The van der Waals surface area contributed by atoms with Gasteiger partial charge < -0.3 is 0 Å². The first-order chi connectivity index (χ1) is 16.9. The maximum absolute atomic E-state index is 14.0. The van der Waals surface area contributed by atoms with Crippen LogP contribution in [0.2, 0.25) is 13.3 Å². The first-order valence-electron chi connectivity index (χ1n) is 13.6. The van der Waals surface area contributed by atoms with Gasteiger partial charge in [0.25, 0.3) is 0 Å². The van der Waals surface area contributed by atoms with E-state index in [4.69, 9.17) is 4.74 Å². The van der Waals surface area contributed by atoms with Crippen molar-refractivity contribution in [1.82, 2.24) is 0 Å². The third kappa shape index (κ3) is 6.28. The number of fused-ring (bicyclic) bond motifs is 1. The van der Waals surface area contributed by atoms with Gasteiger partial charge >= 0.3 is 217 Å². The van der Waals surface area contributed by atoms with Crippen LogP contribution in [0.4, 0.5) is 0 Å². The van der Waals surface area contributed by atoms with Gasteiger partial charge in [-0.1, -0.05) is 0 Å². The second-order valence-corrected chi connectivity index (χ2v) is 23.5. The molecular formula is C31H42O3Sn. The Morgan fingerprint density at radius 2 is 1.31 bits per heavy atom. The number of rotatable bonds is 13. The fourth-order valence-electron chi connectivity index (χ4n) is 5.30. The molecule has 0 atom stereocenters. The van der Waals surface area contributed by atoms with Crippen molar-refractivity contribution >= 4 is 39.1 Å². The van der Waals surface area contributed by atoms with E-state index in [1.807, 2.05) is 50.2 Å². The van der Waals surface area contributed by atoms with Crippen LogP contribution in [-0.2, 0) is 4.74 Å². The number of carbonyl (C=O) groups excluding carboxylic acids is 2. The molecule has 0 fully saturated rings. The van der Waals surface area contributed by atoms with Crippen molar-refractivity contribution in [3.63, 3.8) is 0 Å². The third-order valence-corrected chi connectivity index (χ3v) is 22.8. The van der Waals surface area contributed by atoms with Gasteiger partial charge in [0, 0.05) is 0 Å². The van der Waals surface area contributed by atoms with Gasteiger partial charge in [-0.05, 0) is 0 Å². The first-order valence-corrected chi connectivity index (χ1v) is 21.1. The molecule has 0 spiro atoms. The molecule has 0 aromatic heterocycles. The number of benzene rings is 2. The number of ether oxygens (including phenoxy) is 1. The van der Waals surface area contributed by atoms with E-state index in [1.165, 1.54) is 55.4 Å². The predicted octanol–water partition coefficient (Wildman–Crippen LogP) is 7.96. The minimum absolute atomic E-state index is 0.0787. The number of hydrogen-bond acceptors (Lipinski definition) is 3. The summed E-state index contributed by atoms with van der Waals surface area (Å²) in [5.74, 6) is -0.0608. The summed E-state index contributed by atoms with van der Waals surface area (Å²) in [4.78, 5) is 27.6. The van der Waals surface area contributed by atoms with Crippen molar-refractivity contribution in [2.45, 2.75) is 92.6 Å². The summed E-state index contributed by atoms with van der Waals surface area (Å²) in [5.41, 5.74) is 2.23. The van der Waals surface area contributed by atoms with Crippen molar-refractivity contribution in [3.05, 3.63) is 71.0 Å². The molecule has 2 aromatic rings. The molecule has 0 saturated heterocycles. The van der Waals surface area contributed by atoms with Crippen LogP contribution in [-0.4, -0.2) is 36.0 Å². The number of unbranched alkanes of at least 4 members (excludes halogenated alkanes) is 3. The second-order valence-electron chi connectivity index (χ2n) is 10.2. The van der Waals surface area contributed by atoms with E-state index in [2.05, 4.69) is 32.9 Å². The monoisotopic (exact) mass is 582 g/mol. The Hall–Kier alpha value is -1.88. The summed E-state index contributed by atoms with van der Waals surface area (Å²) in [6, 6.07) is 15.8. The molecule has 0 bridgehead atoms. The van der Waals surface area contributed by atoms with Crippen LogP contribution in [0.3, 0.4) is 0 Å². The van der Waals surface area contributed by atoms with Crippen LogP contribution >= 0.6 is 0 Å². The zero-order chi connectivity index (χ0) is 25.4. The van der Waals surface area contributed by atoms with Gasteiger partial charge in [0.1, 0.15) is 0 Å². The van der Waals surface area contributed by atoms with E-state index in [0.717, 1.165) is 5.56 Å². The summed E-state index contributed by atoms with van der Waals surface area (Å²) in [5, 5.41) is 0. The Labute approximate surface area is 216 Å². The summed E-state index contributed by atoms with van der Waals surface area (Å²) >= 11 is -2.75. The van der Waals surface area contributed by atoms with Crippen molar-refractivity contribution in [2.24, 2.45) is 0 Å². The Morgan fingerprint density at radius 1 is 0.743 bits per heavy atom. The molecular weight excluding hydrogens is 539 g/mol. The van der Waals surface area contributed by atoms with Crippen LogP contribution in [0.25, 0.3) is 5.57 Å². The molecule has 188 valence electrons. The zero-order valence-electron chi connectivity index (χ0n) is 22.3. The van der Waals surface area contributed by atoms with Gasteiger partial charge in [0.05, 0.1) is 0 Å². The molecule has 1 aliphatic carbocycles. The van der Waals surface area contributed by atoms with E-state index in [0.29, 0.717) is 16.7 Å². The van der Waals surface area contributed by atoms with E-state index >= 15 is 0 Å². The van der Waals surface area contributed by atoms with Crippen LogP contribution in [0.1, 0.15) is 99.4 Å². The average Bonchev–Trinajstić information content (AvgIpc) is 2.87. The van der Waals surface area contributed by atoms with Gasteiger partial charge in [-0.3, -0.25) is 0 Å². The molecule has 0 saturated carbocycles. The SMILES string of the molecule is CCC[CH2][Sn]([CH2]CCC)([CH2]CCC)[c]1ccc2c(c1)C(=O)C(c1ccccc1)=C(OC(C)C)C2=O. The Kier molecular flexibility index (Phi) is 10.2. The fourth-order valence-corrected chi connectivity index (χ4v) is 21.3. The van der Waals surface area contributed by atoms with E-state index in [9.17, 15) is 9.59 Å². The second kappa shape index (κ2) is 12.9. The van der Waals surface area contributed by atoms with Crippen LogP contribution < -0.4 is 3.58 Å². The molecule has 0 heterocycles. The number of hydrogen-bond donors (Lipinski definition) is 0. The number of allylic oxidation sites excluding steroid dienone is 2. The van der Waals surface area contributed by atoms with Crippen molar-refractivity contribution in [2.75, 3.05) is 0 Å². The van der Waals surface area contributed by atoms with Crippen LogP contribution in [0.15, 0.2) is 54.3 Å². The zero-order valence-corrected chi connectivity index (χ0v) is 25.1. The Morgan fingerprint density at radius 3 is 1.83 bits per heavy atom. The number of carbonyl (C=O) groups is 2. The molecule has 0 radical (unpaired) electrons. The molecule has 0 aliphatic heterocycles. The van der Waals surface area contributed by atoms with Gasteiger partial charge in [0.2, 0.25) is 0 Å². The molecule has 35 heavy (non-hydrogen) atoms. The molecule has 0 amide bonds. The number of Topliss-reactive ketones (excluding diaryl/α,β-unsaturated/α-hetero) is 2. The summed E-state index contributed by atoms with van der Waals surface area (Å²) in [6.07, 6.45) is 7.20. The summed E-state index contributed by atoms with van der Waals surface area (Å²) < 4.78 is 11.4. The maximum atomic E-state index is 14.0. The third-order valence-electron chi connectivity index (χ3n) is 7.22. The minimum atomic E-state index is -2.75. The van der Waals surface area contributed by atoms with Gasteiger partial charge in [-0.15, -0.1) is 0 Å². The van der Waals surface area contributed by atoms with E-state index in [-0.39, 0.29) is 23.4 Å². The Balaban J connectivity index is 2.16. The molecule has 0 unspecified atom stereocenters. The fraction of sp³-hybridized carbons (Fsp3) is 0.484. The van der Waals surface area contributed by atoms with Gasteiger partial charge in [-0.25, -0.2) is 0 Å². The van der Waals surface area contributed by atoms with Crippen molar-refractivity contribution in [3.8, 4) is 0 Å². The topological polar surface area (TPSA) is 43.4 Å². The average molecular weight is 581 g/mol. The molecule has 4 heteroatoms. The summed E-state index contributed by atoms with van der Waals surface area (Å²) in [7, 11) is 0. The first kappa shape index (κ1) is 27.7. The van der Waals surface area contributed by atoms with Crippen LogP contribution in [0, 0.1) is 0 Å².